The van der Waals surface area contributed by atoms with E-state index in [0.717, 1.165) is 0 Å². The third-order valence-electron chi connectivity index (χ3n) is 3.04. The van der Waals surface area contributed by atoms with Crippen LogP contribution in [0.3, 0.4) is 0 Å². The maximum Gasteiger partial charge on any atom is 0.290 e. The molecule has 2 heterocycles. The van der Waals surface area contributed by atoms with Gasteiger partial charge in [-0.2, -0.15) is 4.72 Å². The predicted octanol–water partition coefficient (Wildman–Crippen LogP) is 0.530. The van der Waals surface area contributed by atoms with E-state index in [9.17, 15) is 8.42 Å². The molecule has 2 N–H and O–H groups in total. The lowest BCUT2D eigenvalue weighted by Gasteiger charge is -2.21. The van der Waals surface area contributed by atoms with Gasteiger partial charge in [0.2, 0.25) is 0 Å². The average molecular weight is 343 g/mol. The van der Waals surface area contributed by atoms with E-state index in [1.54, 1.807) is 24.0 Å². The zero-order chi connectivity index (χ0) is 17.6. The molecule has 0 aliphatic heterocycles. The van der Waals surface area contributed by atoms with E-state index in [1.165, 1.54) is 12.5 Å². The molecule has 1 atom stereocenters. The summed E-state index contributed by atoms with van der Waals surface area (Å²) in [4.78, 5) is 16.5. The van der Waals surface area contributed by atoms with Gasteiger partial charge < -0.3 is 14.2 Å². The summed E-state index contributed by atoms with van der Waals surface area (Å²) in [6, 6.07) is -0.401. The predicted molar refractivity (Wildman–Crippen MR) is 83.0 cm³/mol. The first kappa shape index (κ1) is 18.8. The smallest absolute Gasteiger partial charge is 0.290 e. The molecule has 0 saturated heterocycles. The molecule has 0 fully saturated rings. The highest BCUT2D eigenvalue weighted by molar-refractivity contribution is 7.89. The average Bonchev–Trinajstić information content (AvgIpc) is 3.06. The number of aryl methyl sites for hydroxylation is 2. The summed E-state index contributed by atoms with van der Waals surface area (Å²) in [7, 11) is -0.0948. The van der Waals surface area contributed by atoms with Crippen molar-refractivity contribution in [2.24, 2.45) is 20.0 Å². The Morgan fingerprint density at radius 3 is 2.30 bits per heavy atom. The van der Waals surface area contributed by atoms with Crippen LogP contribution < -0.4 is 4.72 Å². The molecule has 0 spiro atoms. The lowest BCUT2D eigenvalue weighted by Crippen LogP contribution is -2.33. The van der Waals surface area contributed by atoms with Gasteiger partial charge in [0.1, 0.15) is 5.82 Å². The fourth-order valence-electron chi connectivity index (χ4n) is 1.92. The first-order valence-electron chi connectivity index (χ1n) is 6.78. The van der Waals surface area contributed by atoms with Gasteiger partial charge in [0, 0.05) is 32.7 Å². The summed E-state index contributed by atoms with van der Waals surface area (Å²) in [5.74, 6) is 0.745. The first-order chi connectivity index (χ1) is 10.7. The lowest BCUT2D eigenvalue weighted by atomic mass is 10.1. The summed E-state index contributed by atoms with van der Waals surface area (Å²) in [5, 5.41) is 6.90. The van der Waals surface area contributed by atoms with E-state index in [1.807, 2.05) is 25.5 Å². The maximum atomic E-state index is 12.3. The van der Waals surface area contributed by atoms with E-state index >= 15 is 0 Å². The molecule has 0 amide bonds. The molecule has 0 saturated carbocycles. The van der Waals surface area contributed by atoms with Crippen molar-refractivity contribution < 1.29 is 18.3 Å². The third kappa shape index (κ3) is 4.89. The van der Waals surface area contributed by atoms with Crippen LogP contribution >= 0.6 is 0 Å². The Labute approximate surface area is 135 Å². The number of aromatic nitrogens is 4. The number of sulfonamides is 1. The number of carbonyl (C=O) groups is 1. The second-order valence-electron chi connectivity index (χ2n) is 5.22. The minimum Gasteiger partial charge on any atom is -0.483 e. The van der Waals surface area contributed by atoms with Crippen molar-refractivity contribution in [3.8, 4) is 0 Å². The summed E-state index contributed by atoms with van der Waals surface area (Å²) in [5.41, 5.74) is 0. The van der Waals surface area contributed by atoms with Gasteiger partial charge in [-0.3, -0.25) is 4.79 Å². The summed E-state index contributed by atoms with van der Waals surface area (Å²) >= 11 is 0. The van der Waals surface area contributed by atoms with Gasteiger partial charge in [0.15, 0.2) is 5.03 Å². The molecule has 0 aliphatic rings. The van der Waals surface area contributed by atoms with Gasteiger partial charge >= 0.3 is 0 Å². The molecule has 10 heteroatoms. The standard InChI is InChI=1S/C12H19N5O2S.CH2O2/c1-9(2)11(12-13-5-6-17(12)4)15-20(18,19)10-7-16(3)8-14-10;2-1-3/h5-9,11,15H,1-4H3;1H,(H,2,3). The molecule has 23 heavy (non-hydrogen) atoms. The molecular formula is C13H21N5O4S. The zero-order valence-corrected chi connectivity index (χ0v) is 14.2. The summed E-state index contributed by atoms with van der Waals surface area (Å²) < 4.78 is 30.8. The molecule has 9 nitrogen and oxygen atoms in total. The Kier molecular flexibility index (Phi) is 6.46. The summed E-state index contributed by atoms with van der Waals surface area (Å²) in [6.45, 7) is 3.64. The van der Waals surface area contributed by atoms with Crippen LogP contribution in [0.5, 0.6) is 0 Å². The van der Waals surface area contributed by atoms with Crippen LogP contribution in [0.25, 0.3) is 0 Å². The number of nitrogens with zero attached hydrogens (tertiary/aromatic N) is 4. The van der Waals surface area contributed by atoms with Crippen LogP contribution in [0.4, 0.5) is 0 Å². The van der Waals surface area contributed by atoms with Crippen molar-refractivity contribution in [2.45, 2.75) is 24.9 Å². The van der Waals surface area contributed by atoms with Crippen molar-refractivity contribution >= 4 is 16.5 Å². The van der Waals surface area contributed by atoms with Gasteiger partial charge in [-0.05, 0) is 5.92 Å². The minimum absolute atomic E-state index is 0.0138. The lowest BCUT2D eigenvalue weighted by molar-refractivity contribution is -0.122. The second-order valence-corrected chi connectivity index (χ2v) is 6.88. The summed E-state index contributed by atoms with van der Waals surface area (Å²) in [6.07, 6.45) is 6.37. The van der Waals surface area contributed by atoms with Crippen molar-refractivity contribution in [1.29, 1.82) is 0 Å². The molecule has 0 bridgehead atoms. The molecule has 2 aromatic rings. The second kappa shape index (κ2) is 7.88. The Hall–Kier alpha value is -2.20. The van der Waals surface area contributed by atoms with Crippen LogP contribution in [-0.2, 0) is 28.9 Å². The molecule has 128 valence electrons. The molecule has 2 rings (SSSR count). The van der Waals surface area contributed by atoms with Crippen LogP contribution in [0.2, 0.25) is 0 Å². The number of nitrogens with one attached hydrogen (secondary N) is 1. The van der Waals surface area contributed by atoms with E-state index in [4.69, 9.17) is 9.90 Å². The molecule has 1 unspecified atom stereocenters. The van der Waals surface area contributed by atoms with E-state index in [-0.39, 0.29) is 17.4 Å². The fraction of sp³-hybridized carbons (Fsp3) is 0.462. The maximum absolute atomic E-state index is 12.3. The fourth-order valence-corrected chi connectivity index (χ4v) is 3.24. The van der Waals surface area contributed by atoms with Crippen LogP contribution in [0.15, 0.2) is 29.9 Å². The Balaban J connectivity index is 0.000000816. The van der Waals surface area contributed by atoms with Crippen molar-refractivity contribution in [1.82, 2.24) is 23.8 Å². The monoisotopic (exact) mass is 343 g/mol. The highest BCUT2D eigenvalue weighted by atomic mass is 32.2. The van der Waals surface area contributed by atoms with Gasteiger partial charge in [0.05, 0.1) is 12.4 Å². The van der Waals surface area contributed by atoms with E-state index < -0.39 is 16.1 Å². The Bertz CT molecular complexity index is 735. The highest BCUT2D eigenvalue weighted by Crippen LogP contribution is 2.22. The largest absolute Gasteiger partial charge is 0.483 e. The van der Waals surface area contributed by atoms with Gasteiger partial charge in [-0.15, -0.1) is 0 Å². The number of imidazole rings is 2. The van der Waals surface area contributed by atoms with Gasteiger partial charge in [-0.25, -0.2) is 18.4 Å². The number of hydrogen-bond acceptors (Lipinski definition) is 5. The number of carboxylic acid groups (broad SMARTS) is 1. The van der Waals surface area contributed by atoms with Crippen molar-refractivity contribution in [3.63, 3.8) is 0 Å². The Morgan fingerprint density at radius 2 is 1.91 bits per heavy atom. The SMILES string of the molecule is CC(C)C(NS(=O)(=O)c1cn(C)cn1)c1nccn1C.O=CO. The quantitative estimate of drug-likeness (QED) is 0.764. The first-order valence-corrected chi connectivity index (χ1v) is 8.26. The molecule has 0 radical (unpaired) electrons. The van der Waals surface area contributed by atoms with E-state index in [0.29, 0.717) is 5.82 Å². The van der Waals surface area contributed by atoms with Crippen LogP contribution in [-0.4, -0.2) is 39.1 Å². The van der Waals surface area contributed by atoms with E-state index in [2.05, 4.69) is 14.7 Å². The van der Waals surface area contributed by atoms with Crippen LogP contribution in [0, 0.1) is 5.92 Å². The van der Waals surface area contributed by atoms with Gasteiger partial charge in [-0.1, -0.05) is 13.8 Å². The normalized spacial score (nSPS) is 12.6. The van der Waals surface area contributed by atoms with Crippen molar-refractivity contribution in [3.05, 3.63) is 30.7 Å². The molecule has 2 aromatic heterocycles. The van der Waals surface area contributed by atoms with Gasteiger partial charge in [0.25, 0.3) is 16.5 Å². The highest BCUT2D eigenvalue weighted by Gasteiger charge is 2.27. The number of hydrogen-bond donors (Lipinski definition) is 2. The minimum atomic E-state index is -3.66. The topological polar surface area (TPSA) is 119 Å². The van der Waals surface area contributed by atoms with Crippen molar-refractivity contribution in [2.75, 3.05) is 0 Å². The molecule has 0 aliphatic carbocycles. The molecular weight excluding hydrogens is 322 g/mol. The third-order valence-corrected chi connectivity index (χ3v) is 4.37. The zero-order valence-electron chi connectivity index (χ0n) is 13.4. The van der Waals surface area contributed by atoms with Crippen LogP contribution in [0.1, 0.15) is 25.7 Å². The number of rotatable bonds is 5. The Morgan fingerprint density at radius 1 is 1.30 bits per heavy atom. The molecule has 0 aromatic carbocycles.